The summed E-state index contributed by atoms with van der Waals surface area (Å²) in [4.78, 5) is 27.5. The number of ether oxygens (including phenoxy) is 2. The highest BCUT2D eigenvalue weighted by atomic mass is 16.5. The number of hydrogen-bond acceptors (Lipinski definition) is 4. The molecule has 3 aromatic rings. The first-order valence-electron chi connectivity index (χ1n) is 10.4. The number of carbonyl (C=O) groups excluding carboxylic acids is 2. The number of nitrogens with zero attached hydrogens (tertiary/aromatic N) is 1. The highest BCUT2D eigenvalue weighted by Crippen LogP contribution is 2.37. The lowest BCUT2D eigenvalue weighted by molar-refractivity contribution is -0.113. The Morgan fingerprint density at radius 2 is 1.62 bits per heavy atom. The Balaban J connectivity index is 1.80. The molecule has 4 rings (SSSR count). The highest BCUT2D eigenvalue weighted by molar-refractivity contribution is 6.24. The second-order valence-electron chi connectivity index (χ2n) is 7.15. The summed E-state index contributed by atoms with van der Waals surface area (Å²) < 4.78 is 10.4. The minimum atomic E-state index is -0.496. The Hall–Kier alpha value is -4.12. The van der Waals surface area contributed by atoms with Crippen LogP contribution in [0.1, 0.15) is 28.4 Å². The van der Waals surface area contributed by atoms with Gasteiger partial charge in [-0.15, -0.1) is 0 Å². The van der Waals surface area contributed by atoms with Crippen molar-refractivity contribution in [3.8, 4) is 5.75 Å². The van der Waals surface area contributed by atoms with Crippen molar-refractivity contribution in [3.05, 3.63) is 107 Å². The Bertz CT molecular complexity index is 1190. The number of esters is 1. The van der Waals surface area contributed by atoms with E-state index >= 15 is 0 Å². The molecular formula is C27H23NO4. The lowest BCUT2D eigenvalue weighted by Crippen LogP contribution is -2.27. The Labute approximate surface area is 187 Å². The van der Waals surface area contributed by atoms with Crippen LogP contribution in [0.4, 0.5) is 5.69 Å². The average molecular weight is 425 g/mol. The first-order chi connectivity index (χ1) is 15.6. The monoisotopic (exact) mass is 425 g/mol. The van der Waals surface area contributed by atoms with E-state index in [0.717, 1.165) is 16.9 Å². The number of para-hydroxylation sites is 1. The number of carbonyl (C=O) groups is 2. The van der Waals surface area contributed by atoms with E-state index in [1.54, 1.807) is 29.2 Å². The van der Waals surface area contributed by atoms with Gasteiger partial charge in [0.25, 0.3) is 5.91 Å². The van der Waals surface area contributed by atoms with E-state index in [-0.39, 0.29) is 5.91 Å². The van der Waals surface area contributed by atoms with Gasteiger partial charge in [-0.25, -0.2) is 4.79 Å². The number of rotatable bonds is 6. The standard InChI is InChI=1S/C27H23NO4/c1-3-32-22-15-13-19(14-16-22)17-21-18-25(20-9-5-4-6-10-20)28(26(21)29)24-12-8-7-11-23(24)27(30)31-2/h4-18H,3H2,1-2H3/b21-17+. The van der Waals surface area contributed by atoms with Gasteiger partial charge in [0.15, 0.2) is 0 Å². The van der Waals surface area contributed by atoms with E-state index in [2.05, 4.69) is 0 Å². The van der Waals surface area contributed by atoms with Gasteiger partial charge in [0.05, 0.1) is 30.7 Å². The Morgan fingerprint density at radius 1 is 0.938 bits per heavy atom. The van der Waals surface area contributed by atoms with Gasteiger partial charge in [-0.3, -0.25) is 9.69 Å². The van der Waals surface area contributed by atoms with Crippen LogP contribution in [-0.2, 0) is 9.53 Å². The fourth-order valence-corrected chi connectivity index (χ4v) is 3.63. The summed E-state index contributed by atoms with van der Waals surface area (Å²) >= 11 is 0. The summed E-state index contributed by atoms with van der Waals surface area (Å²) in [5, 5.41) is 0. The largest absolute Gasteiger partial charge is 0.494 e. The Kier molecular flexibility index (Phi) is 6.17. The molecule has 0 aliphatic carbocycles. The van der Waals surface area contributed by atoms with Crippen molar-refractivity contribution in [3.63, 3.8) is 0 Å². The van der Waals surface area contributed by atoms with Crippen molar-refractivity contribution in [1.29, 1.82) is 0 Å². The maximum atomic E-state index is 13.6. The molecule has 32 heavy (non-hydrogen) atoms. The zero-order valence-corrected chi connectivity index (χ0v) is 17.9. The van der Waals surface area contributed by atoms with Gasteiger partial charge in [0.1, 0.15) is 5.75 Å². The molecule has 0 unspecified atom stereocenters. The average Bonchev–Trinajstić information content (AvgIpc) is 3.16. The van der Waals surface area contributed by atoms with Crippen LogP contribution >= 0.6 is 0 Å². The zero-order valence-electron chi connectivity index (χ0n) is 17.9. The summed E-state index contributed by atoms with van der Waals surface area (Å²) in [7, 11) is 1.33. The zero-order chi connectivity index (χ0) is 22.5. The number of anilines is 1. The summed E-state index contributed by atoms with van der Waals surface area (Å²) in [6.07, 6.45) is 3.68. The molecule has 0 fully saturated rings. The van der Waals surface area contributed by atoms with Gasteiger partial charge in [0.2, 0.25) is 0 Å². The molecule has 0 radical (unpaired) electrons. The van der Waals surface area contributed by atoms with E-state index in [9.17, 15) is 9.59 Å². The van der Waals surface area contributed by atoms with E-state index in [0.29, 0.717) is 29.1 Å². The maximum Gasteiger partial charge on any atom is 0.339 e. The molecule has 1 aliphatic rings. The van der Waals surface area contributed by atoms with Gasteiger partial charge in [0, 0.05) is 5.57 Å². The quantitative estimate of drug-likeness (QED) is 0.395. The SMILES string of the molecule is CCOc1ccc(/C=C2\C=C(c3ccccc3)N(c3ccccc3C(=O)OC)C2=O)cc1. The third kappa shape index (κ3) is 4.18. The first-order valence-corrected chi connectivity index (χ1v) is 10.4. The molecule has 5 heteroatoms. The maximum absolute atomic E-state index is 13.6. The number of hydrogen-bond donors (Lipinski definition) is 0. The summed E-state index contributed by atoms with van der Waals surface area (Å²) in [6.45, 7) is 2.53. The van der Waals surface area contributed by atoms with Crippen LogP contribution < -0.4 is 9.64 Å². The smallest absolute Gasteiger partial charge is 0.339 e. The molecule has 0 saturated carbocycles. The molecule has 160 valence electrons. The summed E-state index contributed by atoms with van der Waals surface area (Å²) in [6, 6.07) is 24.2. The first kappa shape index (κ1) is 21.1. The molecule has 1 amide bonds. The molecule has 1 aliphatic heterocycles. The van der Waals surface area contributed by atoms with Crippen LogP contribution in [0.2, 0.25) is 0 Å². The molecule has 0 saturated heterocycles. The molecule has 1 heterocycles. The van der Waals surface area contributed by atoms with Crippen LogP contribution in [0, 0.1) is 0 Å². The normalized spacial score (nSPS) is 14.4. The summed E-state index contributed by atoms with van der Waals surface area (Å²) in [5.41, 5.74) is 3.78. The van der Waals surface area contributed by atoms with Crippen molar-refractivity contribution in [2.24, 2.45) is 0 Å². The molecule has 5 nitrogen and oxygen atoms in total. The fraction of sp³-hybridized carbons (Fsp3) is 0.111. The lowest BCUT2D eigenvalue weighted by Gasteiger charge is -2.23. The van der Waals surface area contributed by atoms with Gasteiger partial charge in [-0.05, 0) is 54.5 Å². The second kappa shape index (κ2) is 9.35. The fourth-order valence-electron chi connectivity index (χ4n) is 3.63. The minimum Gasteiger partial charge on any atom is -0.494 e. The van der Waals surface area contributed by atoms with Gasteiger partial charge in [-0.1, -0.05) is 54.6 Å². The number of methoxy groups -OCH3 is 1. The van der Waals surface area contributed by atoms with Crippen LogP contribution in [0.5, 0.6) is 5.75 Å². The molecule has 3 aromatic carbocycles. The van der Waals surface area contributed by atoms with Gasteiger partial charge < -0.3 is 9.47 Å². The van der Waals surface area contributed by atoms with Crippen LogP contribution in [0.15, 0.2) is 90.5 Å². The molecule has 0 atom stereocenters. The van der Waals surface area contributed by atoms with Crippen molar-refractivity contribution < 1.29 is 19.1 Å². The van der Waals surface area contributed by atoms with Gasteiger partial charge in [-0.2, -0.15) is 0 Å². The Morgan fingerprint density at radius 3 is 2.31 bits per heavy atom. The highest BCUT2D eigenvalue weighted by Gasteiger charge is 2.32. The van der Waals surface area contributed by atoms with E-state index < -0.39 is 5.97 Å². The molecule has 0 aromatic heterocycles. The van der Waals surface area contributed by atoms with Gasteiger partial charge >= 0.3 is 5.97 Å². The van der Waals surface area contributed by atoms with Crippen LogP contribution in [-0.4, -0.2) is 25.6 Å². The molecule has 0 N–H and O–H groups in total. The van der Waals surface area contributed by atoms with E-state index in [4.69, 9.17) is 9.47 Å². The topological polar surface area (TPSA) is 55.8 Å². The molecule has 0 spiro atoms. The predicted molar refractivity (Wildman–Crippen MR) is 125 cm³/mol. The van der Waals surface area contributed by atoms with E-state index in [1.165, 1.54) is 7.11 Å². The number of amides is 1. The number of benzene rings is 3. The predicted octanol–water partition coefficient (Wildman–Crippen LogP) is 5.34. The molecule has 0 bridgehead atoms. The van der Waals surface area contributed by atoms with Crippen LogP contribution in [0.3, 0.4) is 0 Å². The third-order valence-electron chi connectivity index (χ3n) is 5.12. The summed E-state index contributed by atoms with van der Waals surface area (Å²) in [5.74, 6) is 0.0698. The third-order valence-corrected chi connectivity index (χ3v) is 5.12. The van der Waals surface area contributed by atoms with Crippen molar-refractivity contribution >= 4 is 29.3 Å². The van der Waals surface area contributed by atoms with Crippen molar-refractivity contribution in [1.82, 2.24) is 0 Å². The lowest BCUT2D eigenvalue weighted by atomic mass is 10.1. The van der Waals surface area contributed by atoms with Crippen molar-refractivity contribution in [2.75, 3.05) is 18.6 Å². The van der Waals surface area contributed by atoms with E-state index in [1.807, 2.05) is 73.7 Å². The molecular weight excluding hydrogens is 402 g/mol. The van der Waals surface area contributed by atoms with Crippen molar-refractivity contribution in [2.45, 2.75) is 6.92 Å². The minimum absolute atomic E-state index is 0.214. The van der Waals surface area contributed by atoms with Crippen LogP contribution in [0.25, 0.3) is 11.8 Å². The second-order valence-corrected chi connectivity index (χ2v) is 7.15.